The lowest BCUT2D eigenvalue weighted by molar-refractivity contribution is -0.0429. The monoisotopic (exact) mass is 295 g/mol. The average molecular weight is 295 g/mol. The number of rotatable bonds is 2. The maximum atomic E-state index is 12.3. The molecular weight excluding hydrogens is 287 g/mol. The van der Waals surface area contributed by atoms with E-state index in [2.05, 4.69) is 0 Å². The van der Waals surface area contributed by atoms with Crippen molar-refractivity contribution in [2.45, 2.75) is 12.4 Å². The number of alkyl halides is 3. The van der Waals surface area contributed by atoms with E-state index >= 15 is 0 Å². The van der Waals surface area contributed by atoms with Crippen LogP contribution in [-0.2, 0) is 10.0 Å². The van der Waals surface area contributed by atoms with Crippen molar-refractivity contribution in [3.8, 4) is 0 Å². The van der Waals surface area contributed by atoms with Crippen LogP contribution in [0.3, 0.4) is 0 Å². The van der Waals surface area contributed by atoms with Crippen molar-refractivity contribution in [3.05, 3.63) is 29.8 Å². The van der Waals surface area contributed by atoms with Gasteiger partial charge in [-0.15, -0.1) is 11.3 Å². The fraction of sp³-hybridized carbons (Fsp3) is 0.200. The first-order valence-electron chi connectivity index (χ1n) is 4.79. The summed E-state index contributed by atoms with van der Waals surface area (Å²) in [6, 6.07) is 6.93. The smallest absolute Gasteiger partial charge is 0.267 e. The van der Waals surface area contributed by atoms with Crippen LogP contribution in [0.2, 0.25) is 0 Å². The number of anilines is 1. The lowest BCUT2D eigenvalue weighted by atomic mass is 10.2. The summed E-state index contributed by atoms with van der Waals surface area (Å²) in [5.41, 5.74) is -4.82. The van der Waals surface area contributed by atoms with E-state index in [-0.39, 0.29) is 5.00 Å². The molecule has 0 amide bonds. The van der Waals surface area contributed by atoms with Crippen LogP contribution in [0.5, 0.6) is 0 Å². The van der Waals surface area contributed by atoms with E-state index in [9.17, 15) is 21.6 Å². The maximum absolute atomic E-state index is 12.3. The zero-order valence-corrected chi connectivity index (χ0v) is 10.7. The van der Waals surface area contributed by atoms with Crippen molar-refractivity contribution in [1.82, 2.24) is 0 Å². The first kappa shape index (κ1) is 13.2. The standard InChI is InChI=1S/C10H8F3NO2S2/c1-6-7-4-2-3-5-8(7)17-9(6)14-18(15,16)10(11,12)13/h2-5,14H,1H3. The summed E-state index contributed by atoms with van der Waals surface area (Å²) in [6.07, 6.45) is 0. The van der Waals surface area contributed by atoms with Gasteiger partial charge in [-0.25, -0.2) is 0 Å². The summed E-state index contributed by atoms with van der Waals surface area (Å²) < 4.78 is 61.1. The normalized spacial score (nSPS) is 12.9. The Hall–Kier alpha value is -1.28. The van der Waals surface area contributed by atoms with Crippen molar-refractivity contribution < 1.29 is 21.6 Å². The number of hydrogen-bond donors (Lipinski definition) is 1. The lowest BCUT2D eigenvalue weighted by Gasteiger charge is -2.09. The summed E-state index contributed by atoms with van der Waals surface area (Å²) in [5.74, 6) is 0. The summed E-state index contributed by atoms with van der Waals surface area (Å²) in [7, 11) is -5.36. The van der Waals surface area contributed by atoms with Crippen LogP contribution in [0, 0.1) is 6.92 Å². The third-order valence-corrected chi connectivity index (χ3v) is 4.78. The van der Waals surface area contributed by atoms with E-state index in [1.54, 1.807) is 35.9 Å². The Bertz CT molecular complexity index is 689. The molecule has 0 aliphatic carbocycles. The number of aryl methyl sites for hydroxylation is 1. The van der Waals surface area contributed by atoms with Crippen LogP contribution in [0.1, 0.15) is 5.56 Å². The molecule has 0 saturated heterocycles. The zero-order chi connectivity index (χ0) is 13.6. The number of thiophene rings is 1. The molecule has 18 heavy (non-hydrogen) atoms. The molecule has 1 N–H and O–H groups in total. The third kappa shape index (κ3) is 2.17. The quantitative estimate of drug-likeness (QED) is 0.922. The number of hydrogen-bond acceptors (Lipinski definition) is 3. The molecule has 0 aliphatic heterocycles. The molecule has 1 aromatic heterocycles. The largest absolute Gasteiger partial charge is 0.516 e. The molecule has 0 atom stereocenters. The molecule has 3 nitrogen and oxygen atoms in total. The van der Waals surface area contributed by atoms with Crippen LogP contribution in [0.25, 0.3) is 10.1 Å². The van der Waals surface area contributed by atoms with E-state index in [4.69, 9.17) is 0 Å². The predicted octanol–water partition coefficient (Wildman–Crippen LogP) is 3.47. The Balaban J connectivity index is 2.48. The van der Waals surface area contributed by atoms with Crippen LogP contribution >= 0.6 is 11.3 Å². The van der Waals surface area contributed by atoms with Gasteiger partial charge in [0.05, 0.1) is 0 Å². The Labute approximate surface area is 105 Å². The molecule has 2 rings (SSSR count). The van der Waals surface area contributed by atoms with E-state index in [1.807, 2.05) is 0 Å². The average Bonchev–Trinajstić information content (AvgIpc) is 2.54. The van der Waals surface area contributed by atoms with E-state index in [0.717, 1.165) is 21.4 Å². The second-order valence-electron chi connectivity index (χ2n) is 3.60. The van der Waals surface area contributed by atoms with Crippen LogP contribution in [0.4, 0.5) is 18.2 Å². The van der Waals surface area contributed by atoms with Crippen molar-refractivity contribution in [3.63, 3.8) is 0 Å². The molecule has 0 bridgehead atoms. The molecule has 0 saturated carbocycles. The van der Waals surface area contributed by atoms with E-state index in [1.165, 1.54) is 0 Å². The van der Waals surface area contributed by atoms with Gasteiger partial charge in [-0.2, -0.15) is 21.6 Å². The molecule has 0 unspecified atom stereocenters. The highest BCUT2D eigenvalue weighted by atomic mass is 32.2. The molecule has 8 heteroatoms. The molecule has 0 fully saturated rings. The number of benzene rings is 1. The number of halogens is 3. The maximum Gasteiger partial charge on any atom is 0.516 e. The van der Waals surface area contributed by atoms with Gasteiger partial charge in [0.25, 0.3) is 0 Å². The highest BCUT2D eigenvalue weighted by Crippen LogP contribution is 2.37. The SMILES string of the molecule is Cc1c(NS(=O)(=O)C(F)(F)F)sc2ccccc12. The van der Waals surface area contributed by atoms with E-state index < -0.39 is 15.5 Å². The molecular formula is C10H8F3NO2S2. The number of sulfonamides is 1. The molecule has 0 spiro atoms. The third-order valence-electron chi connectivity index (χ3n) is 2.38. The van der Waals surface area contributed by atoms with Crippen molar-refractivity contribution in [1.29, 1.82) is 0 Å². The van der Waals surface area contributed by atoms with Gasteiger partial charge >= 0.3 is 15.5 Å². The molecule has 2 aromatic rings. The molecule has 0 radical (unpaired) electrons. The molecule has 98 valence electrons. The molecule has 1 aromatic carbocycles. The Morgan fingerprint density at radius 1 is 1.22 bits per heavy atom. The van der Waals surface area contributed by atoms with Gasteiger partial charge in [-0.05, 0) is 23.9 Å². The fourth-order valence-corrected chi connectivity index (χ4v) is 3.42. The number of fused-ring (bicyclic) bond motifs is 1. The zero-order valence-electron chi connectivity index (χ0n) is 9.08. The Morgan fingerprint density at radius 2 is 1.83 bits per heavy atom. The van der Waals surface area contributed by atoms with Crippen molar-refractivity contribution >= 4 is 36.4 Å². The predicted molar refractivity (Wildman–Crippen MR) is 65.2 cm³/mol. The van der Waals surface area contributed by atoms with Gasteiger partial charge in [0, 0.05) is 4.70 Å². The van der Waals surface area contributed by atoms with E-state index in [0.29, 0.717) is 5.56 Å². The molecule has 1 heterocycles. The van der Waals surface area contributed by atoms with Gasteiger partial charge in [-0.1, -0.05) is 18.2 Å². The lowest BCUT2D eigenvalue weighted by Crippen LogP contribution is -2.29. The summed E-state index contributed by atoms with van der Waals surface area (Å²) in [5, 5.41) is 0.732. The summed E-state index contributed by atoms with van der Waals surface area (Å²) in [6.45, 7) is 1.58. The van der Waals surface area contributed by atoms with Gasteiger partial charge in [0.1, 0.15) is 5.00 Å². The van der Waals surface area contributed by atoms with Gasteiger partial charge in [0.15, 0.2) is 0 Å². The second-order valence-corrected chi connectivity index (χ2v) is 6.33. The first-order chi connectivity index (χ1) is 8.22. The van der Waals surface area contributed by atoms with Gasteiger partial charge in [-0.3, -0.25) is 4.72 Å². The summed E-state index contributed by atoms with van der Waals surface area (Å²) >= 11 is 0.977. The minimum Gasteiger partial charge on any atom is -0.267 e. The molecule has 0 aliphatic rings. The first-order valence-corrected chi connectivity index (χ1v) is 7.09. The second kappa shape index (κ2) is 4.13. The minimum absolute atomic E-state index is 0.00600. The van der Waals surface area contributed by atoms with Crippen LogP contribution < -0.4 is 4.72 Å². The Kier molecular flexibility index (Phi) is 3.02. The topological polar surface area (TPSA) is 46.2 Å². The van der Waals surface area contributed by atoms with Crippen molar-refractivity contribution in [2.24, 2.45) is 0 Å². The highest BCUT2D eigenvalue weighted by molar-refractivity contribution is 7.93. The van der Waals surface area contributed by atoms with Crippen molar-refractivity contribution in [2.75, 3.05) is 4.72 Å². The van der Waals surface area contributed by atoms with Gasteiger partial charge < -0.3 is 0 Å². The van der Waals surface area contributed by atoms with Crippen LogP contribution in [0.15, 0.2) is 24.3 Å². The fourth-order valence-electron chi connectivity index (χ4n) is 1.45. The number of nitrogens with one attached hydrogen (secondary N) is 1. The Morgan fingerprint density at radius 3 is 2.39 bits per heavy atom. The summed E-state index contributed by atoms with van der Waals surface area (Å²) in [4.78, 5) is 0. The van der Waals surface area contributed by atoms with Crippen LogP contribution in [-0.4, -0.2) is 13.9 Å². The van der Waals surface area contributed by atoms with Gasteiger partial charge in [0.2, 0.25) is 0 Å². The highest BCUT2D eigenvalue weighted by Gasteiger charge is 2.46. The minimum atomic E-state index is -5.36.